The molecule has 0 aliphatic rings. The summed E-state index contributed by atoms with van der Waals surface area (Å²) in [5, 5.41) is 11.9. The van der Waals surface area contributed by atoms with Crippen LogP contribution in [0, 0.1) is 0 Å². The second kappa shape index (κ2) is 5.82. The lowest BCUT2D eigenvalue weighted by molar-refractivity contribution is 0.429. The van der Waals surface area contributed by atoms with Crippen LogP contribution in [0.5, 0.6) is 0 Å². The summed E-state index contributed by atoms with van der Waals surface area (Å²) in [7, 11) is 0. The van der Waals surface area contributed by atoms with Crippen LogP contribution in [-0.2, 0) is 0 Å². The van der Waals surface area contributed by atoms with E-state index in [4.69, 9.17) is 16.0 Å². The lowest BCUT2D eigenvalue weighted by Crippen LogP contribution is -2.17. The average molecular weight is 331 g/mol. The van der Waals surface area contributed by atoms with Crippen LogP contribution in [-0.4, -0.2) is 16.7 Å². The van der Waals surface area contributed by atoms with E-state index in [1.54, 1.807) is 6.07 Å². The molecule has 0 amide bonds. The molecule has 0 saturated heterocycles. The Labute approximate surface area is 119 Å². The van der Waals surface area contributed by atoms with E-state index in [9.17, 15) is 0 Å². The molecule has 2 aromatic rings. The number of halogens is 2. The Balaban J connectivity index is 2.32. The van der Waals surface area contributed by atoms with Crippen LogP contribution in [0.4, 0.5) is 0 Å². The van der Waals surface area contributed by atoms with Gasteiger partial charge in [0.1, 0.15) is 0 Å². The first-order chi connectivity index (χ1) is 8.61. The van der Waals surface area contributed by atoms with Crippen LogP contribution >= 0.6 is 27.5 Å². The number of rotatable bonds is 4. The molecule has 1 N–H and O–H groups in total. The van der Waals surface area contributed by atoms with Gasteiger partial charge >= 0.3 is 0 Å². The molecule has 0 aliphatic heterocycles. The highest BCUT2D eigenvalue weighted by molar-refractivity contribution is 9.10. The van der Waals surface area contributed by atoms with Crippen LogP contribution in [0.25, 0.3) is 11.5 Å². The van der Waals surface area contributed by atoms with E-state index in [-0.39, 0.29) is 6.04 Å². The summed E-state index contributed by atoms with van der Waals surface area (Å²) in [5.41, 5.74) is 0.730. The molecule has 1 heterocycles. The molecule has 0 saturated carbocycles. The van der Waals surface area contributed by atoms with Crippen LogP contribution < -0.4 is 5.32 Å². The Bertz CT molecular complexity index is 544. The van der Waals surface area contributed by atoms with Gasteiger partial charge in [-0.2, -0.15) is 0 Å². The monoisotopic (exact) mass is 329 g/mol. The number of nitrogens with zero attached hydrogens (tertiary/aromatic N) is 2. The fourth-order valence-corrected chi connectivity index (χ4v) is 2.13. The molecule has 1 unspecified atom stereocenters. The van der Waals surface area contributed by atoms with Crippen molar-refractivity contribution in [3.63, 3.8) is 0 Å². The third kappa shape index (κ3) is 2.91. The Hall–Kier alpha value is -0.910. The molecule has 2 rings (SSSR count). The zero-order valence-corrected chi connectivity index (χ0v) is 12.4. The standard InChI is InChI=1S/C12H13BrClN3O/c1-3-15-7(2)11-16-17-12(18-11)9-6-8(13)4-5-10(9)14/h4-7,15H,3H2,1-2H3. The van der Waals surface area contributed by atoms with Crippen molar-refractivity contribution in [1.82, 2.24) is 15.5 Å². The summed E-state index contributed by atoms with van der Waals surface area (Å²) in [6, 6.07) is 5.54. The van der Waals surface area contributed by atoms with Gasteiger partial charge in [0.25, 0.3) is 0 Å². The minimum atomic E-state index is 0.0298. The minimum Gasteiger partial charge on any atom is -0.419 e. The van der Waals surface area contributed by atoms with Gasteiger partial charge in [-0.25, -0.2) is 0 Å². The Kier molecular flexibility index (Phi) is 4.37. The third-order valence-corrected chi connectivity index (χ3v) is 3.30. The molecule has 1 atom stereocenters. The highest BCUT2D eigenvalue weighted by Crippen LogP contribution is 2.30. The van der Waals surface area contributed by atoms with Crippen LogP contribution in [0.3, 0.4) is 0 Å². The highest BCUT2D eigenvalue weighted by Gasteiger charge is 2.16. The van der Waals surface area contributed by atoms with E-state index < -0.39 is 0 Å². The van der Waals surface area contributed by atoms with Crippen molar-refractivity contribution in [1.29, 1.82) is 0 Å². The first-order valence-electron chi connectivity index (χ1n) is 5.64. The van der Waals surface area contributed by atoms with E-state index >= 15 is 0 Å². The Morgan fingerprint density at radius 1 is 1.44 bits per heavy atom. The molecule has 0 aliphatic carbocycles. The number of hydrogen-bond donors (Lipinski definition) is 1. The maximum absolute atomic E-state index is 6.12. The molecule has 6 heteroatoms. The van der Waals surface area contributed by atoms with Gasteiger partial charge in [-0.05, 0) is 31.7 Å². The summed E-state index contributed by atoms with van der Waals surface area (Å²) < 4.78 is 6.55. The fraction of sp³-hybridized carbons (Fsp3) is 0.333. The molecule has 96 valence electrons. The van der Waals surface area contributed by atoms with Crippen molar-refractivity contribution in [2.45, 2.75) is 19.9 Å². The zero-order chi connectivity index (χ0) is 13.1. The molecule has 0 radical (unpaired) electrons. The average Bonchev–Trinajstić information content (AvgIpc) is 2.82. The van der Waals surface area contributed by atoms with Gasteiger partial charge in [0, 0.05) is 4.47 Å². The summed E-state index contributed by atoms with van der Waals surface area (Å²) in [4.78, 5) is 0. The Morgan fingerprint density at radius 2 is 2.22 bits per heavy atom. The van der Waals surface area contributed by atoms with Crippen molar-refractivity contribution in [2.75, 3.05) is 6.54 Å². The third-order valence-electron chi connectivity index (χ3n) is 2.48. The van der Waals surface area contributed by atoms with Gasteiger partial charge in [-0.1, -0.05) is 34.5 Å². The molecule has 0 fully saturated rings. The van der Waals surface area contributed by atoms with Gasteiger partial charge < -0.3 is 9.73 Å². The van der Waals surface area contributed by atoms with Crippen molar-refractivity contribution < 1.29 is 4.42 Å². The maximum atomic E-state index is 6.12. The smallest absolute Gasteiger partial charge is 0.249 e. The predicted molar refractivity (Wildman–Crippen MR) is 74.5 cm³/mol. The summed E-state index contributed by atoms with van der Waals surface area (Å²) in [5.74, 6) is 0.990. The van der Waals surface area contributed by atoms with Gasteiger partial charge in [0.05, 0.1) is 16.6 Å². The molecule has 18 heavy (non-hydrogen) atoms. The quantitative estimate of drug-likeness (QED) is 0.926. The molecule has 0 spiro atoms. The van der Waals surface area contributed by atoms with Gasteiger partial charge in [0.15, 0.2) is 0 Å². The SMILES string of the molecule is CCNC(C)c1nnc(-c2cc(Br)ccc2Cl)o1. The van der Waals surface area contributed by atoms with Gasteiger partial charge in [-0.3, -0.25) is 0 Å². The van der Waals surface area contributed by atoms with E-state index in [1.165, 1.54) is 0 Å². The second-order valence-corrected chi connectivity index (χ2v) is 5.17. The normalized spacial score (nSPS) is 12.7. The second-order valence-electron chi connectivity index (χ2n) is 3.85. The van der Waals surface area contributed by atoms with Crippen LogP contribution in [0.2, 0.25) is 5.02 Å². The minimum absolute atomic E-state index is 0.0298. The van der Waals surface area contributed by atoms with E-state index in [2.05, 4.69) is 31.4 Å². The number of hydrogen-bond acceptors (Lipinski definition) is 4. The van der Waals surface area contributed by atoms with Gasteiger partial charge in [0.2, 0.25) is 11.8 Å². The summed E-state index contributed by atoms with van der Waals surface area (Å²) in [6.45, 7) is 4.85. The van der Waals surface area contributed by atoms with Crippen molar-refractivity contribution in [3.05, 3.63) is 33.6 Å². The first kappa shape index (κ1) is 13.5. The van der Waals surface area contributed by atoms with Crippen molar-refractivity contribution in [2.24, 2.45) is 0 Å². The van der Waals surface area contributed by atoms with E-state index in [0.717, 1.165) is 16.6 Å². The van der Waals surface area contributed by atoms with Gasteiger partial charge in [-0.15, -0.1) is 10.2 Å². The molecule has 4 nitrogen and oxygen atoms in total. The number of nitrogens with one attached hydrogen (secondary N) is 1. The number of aromatic nitrogens is 2. The molecule has 1 aromatic carbocycles. The predicted octanol–water partition coefficient (Wildman–Crippen LogP) is 3.82. The lowest BCUT2D eigenvalue weighted by atomic mass is 10.2. The topological polar surface area (TPSA) is 51.0 Å². The summed E-state index contributed by atoms with van der Waals surface area (Å²) >= 11 is 9.51. The molecular formula is C12H13BrClN3O. The highest BCUT2D eigenvalue weighted by atomic mass is 79.9. The van der Waals surface area contributed by atoms with Crippen LogP contribution in [0.15, 0.2) is 27.1 Å². The molecule has 1 aromatic heterocycles. The lowest BCUT2D eigenvalue weighted by Gasteiger charge is -2.06. The number of benzene rings is 1. The molecule has 0 bridgehead atoms. The van der Waals surface area contributed by atoms with E-state index in [0.29, 0.717) is 16.8 Å². The first-order valence-corrected chi connectivity index (χ1v) is 6.81. The summed E-state index contributed by atoms with van der Waals surface area (Å²) in [6.07, 6.45) is 0. The van der Waals surface area contributed by atoms with Crippen molar-refractivity contribution in [3.8, 4) is 11.5 Å². The van der Waals surface area contributed by atoms with Crippen LogP contribution in [0.1, 0.15) is 25.8 Å². The fourth-order valence-electron chi connectivity index (χ4n) is 1.57. The maximum Gasteiger partial charge on any atom is 0.249 e. The zero-order valence-electron chi connectivity index (χ0n) is 10.1. The van der Waals surface area contributed by atoms with E-state index in [1.807, 2.05) is 26.0 Å². The largest absolute Gasteiger partial charge is 0.419 e. The van der Waals surface area contributed by atoms with Crippen molar-refractivity contribution >= 4 is 27.5 Å². The Morgan fingerprint density at radius 3 is 2.94 bits per heavy atom. The molecular weight excluding hydrogens is 318 g/mol.